The van der Waals surface area contributed by atoms with Crippen LogP contribution in [-0.4, -0.2) is 27.3 Å². The molecule has 0 spiro atoms. The minimum Gasteiger partial charge on any atom is -0.383 e. The summed E-state index contributed by atoms with van der Waals surface area (Å²) in [6.07, 6.45) is 5.22. The summed E-state index contributed by atoms with van der Waals surface area (Å²) in [5.74, 6) is -0.134. The number of rotatable bonds is 8. The lowest BCUT2D eigenvalue weighted by atomic mass is 10.1. The normalized spacial score (nSPS) is 11.8. The number of nitrogens with one attached hydrogen (secondary N) is 1. The summed E-state index contributed by atoms with van der Waals surface area (Å²) in [5.41, 5.74) is 10.0. The molecule has 2 heterocycles. The molecular formula is C25H25N5O2. The average Bonchev–Trinajstić information content (AvgIpc) is 3.26. The van der Waals surface area contributed by atoms with Gasteiger partial charge < -0.3 is 15.8 Å². The largest absolute Gasteiger partial charge is 0.383 e. The van der Waals surface area contributed by atoms with Crippen LogP contribution in [0.15, 0.2) is 85.3 Å². The number of anilines is 1. The molecule has 0 saturated carbocycles. The zero-order valence-electron chi connectivity index (χ0n) is 17.8. The highest BCUT2D eigenvalue weighted by atomic mass is 16.5. The van der Waals surface area contributed by atoms with Crippen LogP contribution < -0.4 is 11.1 Å². The maximum absolute atomic E-state index is 13.2. The van der Waals surface area contributed by atoms with Gasteiger partial charge in [-0.15, -0.1) is 0 Å². The zero-order chi connectivity index (χ0) is 22.3. The number of carbonyl (C=O) groups excluding carboxylic acids is 1. The van der Waals surface area contributed by atoms with Crippen molar-refractivity contribution in [3.05, 3.63) is 102 Å². The van der Waals surface area contributed by atoms with Crippen molar-refractivity contribution >= 4 is 11.7 Å². The first-order chi connectivity index (χ1) is 15.6. The van der Waals surface area contributed by atoms with E-state index in [9.17, 15) is 4.79 Å². The lowest BCUT2D eigenvalue weighted by Crippen LogP contribution is -2.32. The number of aromatic nitrogens is 3. The highest BCUT2D eigenvalue weighted by molar-refractivity contribution is 5.99. The van der Waals surface area contributed by atoms with Gasteiger partial charge in [0.15, 0.2) is 0 Å². The number of benzene rings is 2. The fraction of sp³-hybridized carbons (Fsp3) is 0.160. The number of nitrogens with two attached hydrogens (primary N) is 1. The van der Waals surface area contributed by atoms with Crippen LogP contribution in [-0.2, 0) is 18.4 Å². The molecule has 32 heavy (non-hydrogen) atoms. The van der Waals surface area contributed by atoms with Gasteiger partial charge >= 0.3 is 0 Å². The third kappa shape index (κ3) is 5.19. The lowest BCUT2D eigenvalue weighted by molar-refractivity contribution is 0.0797. The molecule has 0 unspecified atom stereocenters. The number of amides is 1. The Balaban J connectivity index is 1.52. The summed E-state index contributed by atoms with van der Waals surface area (Å²) >= 11 is 0. The van der Waals surface area contributed by atoms with Crippen molar-refractivity contribution in [3.8, 4) is 11.1 Å². The van der Waals surface area contributed by atoms with E-state index in [4.69, 9.17) is 10.5 Å². The van der Waals surface area contributed by atoms with Crippen molar-refractivity contribution in [3.63, 3.8) is 0 Å². The molecule has 4 aromatic rings. The number of aryl methyl sites for hydroxylation is 1. The predicted molar refractivity (Wildman–Crippen MR) is 124 cm³/mol. The van der Waals surface area contributed by atoms with Crippen molar-refractivity contribution in [2.75, 3.05) is 12.3 Å². The Morgan fingerprint density at radius 1 is 1.06 bits per heavy atom. The van der Waals surface area contributed by atoms with Crippen LogP contribution in [0.3, 0.4) is 0 Å². The zero-order valence-corrected chi connectivity index (χ0v) is 17.8. The molecular weight excluding hydrogens is 402 g/mol. The average molecular weight is 428 g/mol. The van der Waals surface area contributed by atoms with Gasteiger partial charge in [0.25, 0.3) is 5.91 Å². The van der Waals surface area contributed by atoms with Crippen LogP contribution in [0, 0.1) is 0 Å². The van der Waals surface area contributed by atoms with Gasteiger partial charge in [-0.1, -0.05) is 60.7 Å². The second-order valence-corrected chi connectivity index (χ2v) is 7.50. The number of nitrogens with zero attached hydrogens (tertiary/aromatic N) is 3. The molecule has 0 aliphatic rings. The fourth-order valence-corrected chi connectivity index (χ4v) is 3.40. The molecule has 0 radical (unpaired) electrons. The second-order valence-electron chi connectivity index (χ2n) is 7.50. The fourth-order valence-electron chi connectivity index (χ4n) is 3.40. The maximum Gasteiger partial charge on any atom is 0.255 e. The van der Waals surface area contributed by atoms with Crippen molar-refractivity contribution in [2.45, 2.75) is 12.6 Å². The van der Waals surface area contributed by atoms with Crippen molar-refractivity contribution in [1.29, 1.82) is 0 Å². The molecule has 162 valence electrons. The van der Waals surface area contributed by atoms with Crippen LogP contribution in [0.2, 0.25) is 0 Å². The molecule has 0 bridgehead atoms. The van der Waals surface area contributed by atoms with Gasteiger partial charge in [0, 0.05) is 30.6 Å². The third-order valence-corrected chi connectivity index (χ3v) is 5.10. The summed E-state index contributed by atoms with van der Waals surface area (Å²) in [7, 11) is 1.84. The van der Waals surface area contributed by atoms with Crippen molar-refractivity contribution in [2.24, 2.45) is 7.05 Å². The molecule has 0 saturated heterocycles. The number of ether oxygens (including phenoxy) is 1. The van der Waals surface area contributed by atoms with E-state index in [-0.39, 0.29) is 17.8 Å². The Labute approximate surface area is 186 Å². The van der Waals surface area contributed by atoms with Gasteiger partial charge in [-0.2, -0.15) is 5.10 Å². The molecule has 1 amide bonds. The number of hydrogen-bond acceptors (Lipinski definition) is 5. The molecule has 0 fully saturated rings. The van der Waals surface area contributed by atoms with Gasteiger partial charge in [0.1, 0.15) is 5.82 Å². The molecule has 0 aliphatic heterocycles. The maximum atomic E-state index is 13.2. The SMILES string of the molecule is Cn1cc(-c2cnc(N)c(C(=O)N[C@H](COCc3ccccc3)c3ccccc3)c2)cn1. The topological polar surface area (TPSA) is 95.1 Å². The molecule has 7 nitrogen and oxygen atoms in total. The predicted octanol–water partition coefficient (Wildman–Crippen LogP) is 3.75. The van der Waals surface area contributed by atoms with Crippen LogP contribution >= 0.6 is 0 Å². The van der Waals surface area contributed by atoms with Crippen molar-refractivity contribution < 1.29 is 9.53 Å². The quantitative estimate of drug-likeness (QED) is 0.447. The van der Waals surface area contributed by atoms with E-state index in [0.717, 1.165) is 22.3 Å². The Hall–Kier alpha value is -3.97. The van der Waals surface area contributed by atoms with E-state index in [0.29, 0.717) is 18.8 Å². The highest BCUT2D eigenvalue weighted by Crippen LogP contribution is 2.22. The minimum atomic E-state index is -0.339. The molecule has 3 N–H and O–H groups in total. The standard InChI is InChI=1S/C25H25N5O2/c1-30-15-21(14-28-30)20-12-22(24(26)27-13-20)25(31)29-23(19-10-6-3-7-11-19)17-32-16-18-8-4-2-5-9-18/h2-15,23H,16-17H2,1H3,(H2,26,27)(H,29,31)/t23-/m1/s1. The Bertz CT molecular complexity index is 1180. The van der Waals surface area contributed by atoms with Crippen LogP contribution in [0.4, 0.5) is 5.82 Å². The van der Waals surface area contributed by atoms with Gasteiger partial charge in [0.2, 0.25) is 0 Å². The first-order valence-electron chi connectivity index (χ1n) is 10.3. The van der Waals surface area contributed by atoms with Gasteiger partial charge in [0.05, 0.1) is 31.0 Å². The number of pyridine rings is 1. The Morgan fingerprint density at radius 3 is 2.47 bits per heavy atom. The molecule has 1 atom stereocenters. The van der Waals surface area contributed by atoms with Crippen LogP contribution in [0.5, 0.6) is 0 Å². The second kappa shape index (κ2) is 9.89. The summed E-state index contributed by atoms with van der Waals surface area (Å²) in [5, 5.41) is 7.23. The first-order valence-corrected chi connectivity index (χ1v) is 10.3. The summed E-state index contributed by atoms with van der Waals surface area (Å²) < 4.78 is 7.62. The summed E-state index contributed by atoms with van der Waals surface area (Å²) in [4.78, 5) is 17.4. The van der Waals surface area contributed by atoms with E-state index >= 15 is 0 Å². The van der Waals surface area contributed by atoms with E-state index in [1.807, 2.05) is 73.9 Å². The lowest BCUT2D eigenvalue weighted by Gasteiger charge is -2.20. The third-order valence-electron chi connectivity index (χ3n) is 5.10. The van der Waals surface area contributed by atoms with E-state index < -0.39 is 0 Å². The summed E-state index contributed by atoms with van der Waals surface area (Å²) in [6.45, 7) is 0.778. The minimum absolute atomic E-state index is 0.173. The Morgan fingerprint density at radius 2 is 1.78 bits per heavy atom. The molecule has 7 heteroatoms. The van der Waals surface area contributed by atoms with Crippen LogP contribution in [0.1, 0.15) is 27.5 Å². The molecule has 4 rings (SSSR count). The summed E-state index contributed by atoms with van der Waals surface area (Å²) in [6, 6.07) is 21.1. The Kier molecular flexibility index (Phi) is 6.57. The van der Waals surface area contributed by atoms with Gasteiger partial charge in [-0.25, -0.2) is 4.98 Å². The molecule has 2 aromatic heterocycles. The van der Waals surface area contributed by atoms with Gasteiger partial charge in [-0.3, -0.25) is 9.48 Å². The number of hydrogen-bond donors (Lipinski definition) is 2. The first kappa shape index (κ1) is 21.3. The van der Waals surface area contributed by atoms with Crippen LogP contribution in [0.25, 0.3) is 11.1 Å². The molecule has 0 aliphatic carbocycles. The highest BCUT2D eigenvalue weighted by Gasteiger charge is 2.19. The van der Waals surface area contributed by atoms with Gasteiger partial charge in [-0.05, 0) is 17.2 Å². The van der Waals surface area contributed by atoms with E-state index in [1.54, 1.807) is 23.1 Å². The number of nitrogen functional groups attached to an aromatic ring is 1. The van der Waals surface area contributed by atoms with E-state index in [2.05, 4.69) is 15.4 Å². The molecule has 2 aromatic carbocycles. The smallest absolute Gasteiger partial charge is 0.255 e. The van der Waals surface area contributed by atoms with E-state index in [1.165, 1.54) is 0 Å². The van der Waals surface area contributed by atoms with Crippen molar-refractivity contribution in [1.82, 2.24) is 20.1 Å². The monoisotopic (exact) mass is 427 g/mol. The number of carbonyl (C=O) groups is 1.